The van der Waals surface area contributed by atoms with Gasteiger partial charge in [-0.25, -0.2) is 0 Å². The van der Waals surface area contributed by atoms with Crippen LogP contribution in [0.3, 0.4) is 0 Å². The molecule has 0 aromatic heterocycles. The average molecular weight is 943 g/mol. The summed E-state index contributed by atoms with van der Waals surface area (Å²) in [7, 11) is 4.58. The normalized spacial score (nSPS) is 54.2. The zero-order chi connectivity index (χ0) is 47.8. The van der Waals surface area contributed by atoms with E-state index < -0.39 is 144 Å². The van der Waals surface area contributed by atoms with Gasteiger partial charge < -0.3 is 82.7 Å². The van der Waals surface area contributed by atoms with Gasteiger partial charge in [0.15, 0.2) is 25.2 Å². The molecule has 0 amide bonds. The molecule has 3 saturated carbocycles. The van der Waals surface area contributed by atoms with Gasteiger partial charge in [0.05, 0.1) is 54.9 Å². The molecule has 66 heavy (non-hydrogen) atoms. The lowest BCUT2D eigenvalue weighted by Gasteiger charge is -2.66. The van der Waals surface area contributed by atoms with Crippen LogP contribution < -0.4 is 0 Å². The number of carbonyl (C=O) groups is 1. The number of aliphatic hydroxyl groups excluding tert-OH is 4. The van der Waals surface area contributed by atoms with Crippen LogP contribution in [0.4, 0.5) is 0 Å². The number of ether oxygens (including phenoxy) is 11. The summed E-state index contributed by atoms with van der Waals surface area (Å²) >= 11 is 0. The van der Waals surface area contributed by atoms with Crippen molar-refractivity contribution in [3.05, 3.63) is 11.6 Å². The molecule has 378 valence electrons. The highest BCUT2D eigenvalue weighted by molar-refractivity contribution is 5.80. The predicted octanol–water partition coefficient (Wildman–Crippen LogP) is 2.17. The van der Waals surface area contributed by atoms with Crippen LogP contribution in [0.5, 0.6) is 0 Å². The molecule has 25 unspecified atom stereocenters. The minimum absolute atomic E-state index is 0.0662. The molecule has 8 aliphatic rings. The number of rotatable bonds is 12. The van der Waals surface area contributed by atoms with Crippen LogP contribution in [0.1, 0.15) is 113 Å². The molecule has 6 N–H and O–H groups in total. The van der Waals surface area contributed by atoms with Gasteiger partial charge in [0.25, 0.3) is 0 Å². The number of methoxy groups -OCH3 is 3. The Hall–Kier alpha value is -1.27. The predicted molar refractivity (Wildman–Crippen MR) is 231 cm³/mol. The zero-order valence-corrected chi connectivity index (χ0v) is 40.4. The first-order chi connectivity index (χ1) is 31.1. The quantitative estimate of drug-likeness (QED) is 0.154. The summed E-state index contributed by atoms with van der Waals surface area (Å²) in [6, 6.07) is 0. The van der Waals surface area contributed by atoms with Crippen molar-refractivity contribution >= 4 is 5.78 Å². The molecule has 8 rings (SSSR count). The fourth-order valence-electron chi connectivity index (χ4n) is 13.8. The van der Waals surface area contributed by atoms with Gasteiger partial charge in [-0.05, 0) is 85.0 Å². The number of hydrogen-bond acceptors (Lipinski definition) is 18. The van der Waals surface area contributed by atoms with Crippen molar-refractivity contribution in [1.82, 2.24) is 0 Å². The number of aliphatic hydroxyl groups is 6. The number of fused-ring (bicyclic) bond motifs is 5. The molecular weight excluding hydrogens is 865 g/mol. The SMILES string of the molecule is COC1CC(OC2C(O)CC(OC3CCC4(C)C(=CCC5(O)C4CC(O)C4(C)C(C(C)=O)CCC54O)C3)OC2C)OC(C)C1OC1CC(OC)C(OC2OC(C)C(O)C(OC)C2O)C(C)O1. The highest BCUT2D eigenvalue weighted by atomic mass is 16.8. The third-order valence-corrected chi connectivity index (χ3v) is 17.7. The molecule has 4 aliphatic carbocycles. The second-order valence-corrected chi connectivity index (χ2v) is 21.3. The third kappa shape index (κ3) is 8.60. The van der Waals surface area contributed by atoms with Crippen molar-refractivity contribution in [2.24, 2.45) is 22.7 Å². The molecule has 18 nitrogen and oxygen atoms in total. The summed E-state index contributed by atoms with van der Waals surface area (Å²) in [5.41, 5.74) is -3.57. The summed E-state index contributed by atoms with van der Waals surface area (Å²) in [6.45, 7) is 12.6. The molecule has 18 heteroatoms. The summed E-state index contributed by atoms with van der Waals surface area (Å²) < 4.78 is 67.6. The van der Waals surface area contributed by atoms with Crippen molar-refractivity contribution in [2.45, 2.75) is 241 Å². The van der Waals surface area contributed by atoms with Crippen LogP contribution in [0.15, 0.2) is 11.6 Å². The fraction of sp³-hybridized carbons (Fsp3) is 0.938. The van der Waals surface area contributed by atoms with E-state index in [2.05, 4.69) is 13.0 Å². The van der Waals surface area contributed by atoms with E-state index in [1.165, 1.54) is 14.0 Å². The van der Waals surface area contributed by atoms with Gasteiger partial charge in [-0.2, -0.15) is 0 Å². The Labute approximate surface area is 388 Å². The largest absolute Gasteiger partial charge is 0.392 e. The molecule has 4 aliphatic heterocycles. The van der Waals surface area contributed by atoms with E-state index in [9.17, 15) is 35.4 Å². The average Bonchev–Trinajstić information content (AvgIpc) is 3.56. The molecule has 0 aromatic rings. The van der Waals surface area contributed by atoms with Crippen LogP contribution in [-0.2, 0) is 56.9 Å². The molecule has 25 atom stereocenters. The first-order valence-electron chi connectivity index (χ1n) is 24.3. The van der Waals surface area contributed by atoms with E-state index in [0.717, 1.165) is 5.57 Å². The number of Topliss-reactive ketones (excluding diaryl/α,β-unsaturated/α-hetero) is 1. The first-order valence-corrected chi connectivity index (χ1v) is 24.3. The molecule has 4 saturated heterocycles. The molecular formula is C48H78O18. The van der Waals surface area contributed by atoms with Gasteiger partial charge in [0, 0.05) is 57.8 Å². The van der Waals surface area contributed by atoms with E-state index in [4.69, 9.17) is 52.1 Å². The van der Waals surface area contributed by atoms with Gasteiger partial charge in [-0.15, -0.1) is 0 Å². The van der Waals surface area contributed by atoms with Crippen molar-refractivity contribution in [2.75, 3.05) is 21.3 Å². The van der Waals surface area contributed by atoms with Gasteiger partial charge >= 0.3 is 0 Å². The fourth-order valence-corrected chi connectivity index (χ4v) is 13.8. The smallest absolute Gasteiger partial charge is 0.187 e. The summed E-state index contributed by atoms with van der Waals surface area (Å²) in [5.74, 6) is -0.979. The number of hydrogen-bond donors (Lipinski definition) is 6. The second-order valence-electron chi connectivity index (χ2n) is 21.3. The molecule has 4 heterocycles. The van der Waals surface area contributed by atoms with Gasteiger partial charge in [-0.1, -0.05) is 25.5 Å². The van der Waals surface area contributed by atoms with E-state index >= 15 is 0 Å². The summed E-state index contributed by atoms with van der Waals surface area (Å²) in [6.07, 6.45) is -7.46. The van der Waals surface area contributed by atoms with Gasteiger partial charge in [-0.3, -0.25) is 4.79 Å². The van der Waals surface area contributed by atoms with Crippen molar-refractivity contribution in [1.29, 1.82) is 0 Å². The third-order valence-electron chi connectivity index (χ3n) is 17.7. The van der Waals surface area contributed by atoms with E-state index in [1.807, 2.05) is 20.8 Å². The Morgan fingerprint density at radius 1 is 0.667 bits per heavy atom. The van der Waals surface area contributed by atoms with Crippen LogP contribution in [-0.4, -0.2) is 186 Å². The van der Waals surface area contributed by atoms with E-state index in [-0.39, 0.29) is 31.1 Å². The maximum absolute atomic E-state index is 12.7. The van der Waals surface area contributed by atoms with E-state index in [0.29, 0.717) is 44.9 Å². The Morgan fingerprint density at radius 3 is 1.82 bits per heavy atom. The van der Waals surface area contributed by atoms with Gasteiger partial charge in [0.1, 0.15) is 53.6 Å². The maximum atomic E-state index is 12.7. The van der Waals surface area contributed by atoms with Crippen LogP contribution in [0.2, 0.25) is 0 Å². The van der Waals surface area contributed by atoms with Crippen LogP contribution >= 0.6 is 0 Å². The van der Waals surface area contributed by atoms with Crippen molar-refractivity contribution < 1.29 is 87.5 Å². The topological polar surface area (TPSA) is 240 Å². The molecule has 7 fully saturated rings. The van der Waals surface area contributed by atoms with Crippen molar-refractivity contribution in [3.63, 3.8) is 0 Å². The Kier molecular flexibility index (Phi) is 15.0. The maximum Gasteiger partial charge on any atom is 0.187 e. The minimum Gasteiger partial charge on any atom is -0.392 e. The Balaban J connectivity index is 0.832. The highest BCUT2D eigenvalue weighted by Crippen LogP contribution is 2.69. The Morgan fingerprint density at radius 2 is 1.24 bits per heavy atom. The number of carbonyl (C=O) groups excluding carboxylic acids is 1. The Bertz CT molecular complexity index is 1720. The summed E-state index contributed by atoms with van der Waals surface area (Å²) in [4.78, 5) is 12.7. The lowest BCUT2D eigenvalue weighted by atomic mass is 9.43. The first kappa shape index (κ1) is 51.1. The highest BCUT2D eigenvalue weighted by Gasteiger charge is 2.76. The molecule has 0 aromatic carbocycles. The standard InChI is InChI=1S/C48H78O18/c1-22(49)29-13-16-48(55)46(29,7)34(51)21-33-45(6)14-12-28(17-27(45)11-15-47(33,48)54)63-35-18-30(50)40(24(3)59-35)64-36-19-31(56-8)41(25(4)60-36)65-37-20-32(57-9)42(26(5)61-37)66-44-39(53)43(58-10)38(52)23(2)62-44/h11,23-26,28-44,50-55H,12-21H2,1-10H3. The van der Waals surface area contributed by atoms with Gasteiger partial charge in [0.2, 0.25) is 0 Å². The van der Waals surface area contributed by atoms with Crippen LogP contribution in [0, 0.1) is 22.7 Å². The lowest BCUT2D eigenvalue weighted by Crippen LogP contribution is -2.75. The van der Waals surface area contributed by atoms with Crippen molar-refractivity contribution in [3.8, 4) is 0 Å². The number of ketones is 1. The zero-order valence-electron chi connectivity index (χ0n) is 40.4. The molecule has 0 spiro atoms. The second kappa shape index (κ2) is 19.4. The summed E-state index contributed by atoms with van der Waals surface area (Å²) in [5, 5.41) is 69.3. The monoisotopic (exact) mass is 943 g/mol. The molecule has 0 bridgehead atoms. The minimum atomic E-state index is -1.60. The lowest BCUT2D eigenvalue weighted by molar-refractivity contribution is -0.355. The van der Waals surface area contributed by atoms with Crippen LogP contribution in [0.25, 0.3) is 0 Å². The van der Waals surface area contributed by atoms with E-state index in [1.54, 1.807) is 28.1 Å². The molecule has 0 radical (unpaired) electrons.